The largest absolute Gasteiger partial charge is 0.495 e. The standard InChI is InChI=1S/C17H14FNO5S2/c1-23-13-5-3-11(18)9-16(13)26(21,22)19-12-4-6-14-10(7-12)8-15(25-14)17(20)24-2/h3-9,19H,1-2H3. The number of hydrogen-bond acceptors (Lipinski definition) is 6. The first kappa shape index (κ1) is 18.2. The number of methoxy groups -OCH3 is 2. The molecule has 1 heterocycles. The number of anilines is 1. The lowest BCUT2D eigenvalue weighted by Crippen LogP contribution is -2.14. The molecule has 0 unspecified atom stereocenters. The van der Waals surface area contributed by atoms with Crippen molar-refractivity contribution in [3.05, 3.63) is 53.2 Å². The van der Waals surface area contributed by atoms with Gasteiger partial charge in [0, 0.05) is 10.4 Å². The molecule has 0 saturated heterocycles. The van der Waals surface area contributed by atoms with E-state index in [9.17, 15) is 17.6 Å². The Bertz CT molecular complexity index is 1090. The average Bonchev–Trinajstić information content (AvgIpc) is 3.04. The Hall–Kier alpha value is -2.65. The predicted octanol–water partition coefficient (Wildman–Crippen LogP) is 3.64. The van der Waals surface area contributed by atoms with Gasteiger partial charge in [-0.25, -0.2) is 17.6 Å². The molecule has 3 rings (SSSR count). The Morgan fingerprint density at radius 1 is 1.12 bits per heavy atom. The summed E-state index contributed by atoms with van der Waals surface area (Å²) in [6.45, 7) is 0. The number of sulfonamides is 1. The highest BCUT2D eigenvalue weighted by Crippen LogP contribution is 2.31. The summed E-state index contributed by atoms with van der Waals surface area (Å²) in [6, 6.07) is 9.70. The molecule has 0 bridgehead atoms. The van der Waals surface area contributed by atoms with Crippen LogP contribution in [-0.4, -0.2) is 28.6 Å². The molecule has 0 fully saturated rings. The summed E-state index contributed by atoms with van der Waals surface area (Å²) in [6.07, 6.45) is 0. The van der Waals surface area contributed by atoms with Crippen LogP contribution in [0.5, 0.6) is 5.75 Å². The number of esters is 1. The first-order valence-electron chi connectivity index (χ1n) is 7.32. The van der Waals surface area contributed by atoms with Crippen molar-refractivity contribution in [2.45, 2.75) is 4.90 Å². The molecule has 136 valence electrons. The molecule has 0 aliphatic carbocycles. The zero-order chi connectivity index (χ0) is 18.9. The molecule has 1 N–H and O–H groups in total. The number of carbonyl (C=O) groups excluding carboxylic acids is 1. The quantitative estimate of drug-likeness (QED) is 0.667. The fourth-order valence-electron chi connectivity index (χ4n) is 2.38. The van der Waals surface area contributed by atoms with Crippen molar-refractivity contribution in [2.24, 2.45) is 0 Å². The number of ether oxygens (including phenoxy) is 2. The van der Waals surface area contributed by atoms with Crippen LogP contribution >= 0.6 is 11.3 Å². The molecule has 0 radical (unpaired) electrons. The summed E-state index contributed by atoms with van der Waals surface area (Å²) in [5.74, 6) is -1.12. The Morgan fingerprint density at radius 2 is 1.88 bits per heavy atom. The summed E-state index contributed by atoms with van der Waals surface area (Å²) < 4.78 is 51.6. The second-order valence-corrected chi connectivity index (χ2v) is 7.99. The highest BCUT2D eigenvalue weighted by atomic mass is 32.2. The van der Waals surface area contributed by atoms with Gasteiger partial charge in [0.25, 0.3) is 10.0 Å². The molecule has 26 heavy (non-hydrogen) atoms. The van der Waals surface area contributed by atoms with E-state index < -0.39 is 21.8 Å². The van der Waals surface area contributed by atoms with E-state index in [-0.39, 0.29) is 16.3 Å². The van der Waals surface area contributed by atoms with Gasteiger partial charge in [-0.3, -0.25) is 4.72 Å². The number of nitrogens with one attached hydrogen (secondary N) is 1. The summed E-state index contributed by atoms with van der Waals surface area (Å²) in [7, 11) is -1.47. The normalized spacial score (nSPS) is 11.3. The number of benzene rings is 2. The van der Waals surface area contributed by atoms with E-state index in [1.165, 1.54) is 31.6 Å². The van der Waals surface area contributed by atoms with Crippen LogP contribution in [0, 0.1) is 5.82 Å². The SMILES string of the molecule is COC(=O)c1cc2cc(NS(=O)(=O)c3cc(F)ccc3OC)ccc2s1. The molecule has 3 aromatic rings. The van der Waals surface area contributed by atoms with Gasteiger partial charge in [0.15, 0.2) is 0 Å². The minimum Gasteiger partial charge on any atom is -0.495 e. The fraction of sp³-hybridized carbons (Fsp3) is 0.118. The number of halogens is 1. The van der Waals surface area contributed by atoms with Gasteiger partial charge >= 0.3 is 5.97 Å². The molecular formula is C17H14FNO5S2. The zero-order valence-electron chi connectivity index (χ0n) is 13.8. The number of carbonyl (C=O) groups is 1. The lowest BCUT2D eigenvalue weighted by atomic mass is 10.2. The molecule has 1 aromatic heterocycles. The molecule has 6 nitrogen and oxygen atoms in total. The van der Waals surface area contributed by atoms with Gasteiger partial charge in [-0.2, -0.15) is 0 Å². The molecular weight excluding hydrogens is 381 g/mol. The second-order valence-electron chi connectivity index (χ2n) is 5.26. The Morgan fingerprint density at radius 3 is 2.58 bits per heavy atom. The Labute approximate surface area is 153 Å². The van der Waals surface area contributed by atoms with Crippen LogP contribution in [0.2, 0.25) is 0 Å². The van der Waals surface area contributed by atoms with Crippen molar-refractivity contribution in [2.75, 3.05) is 18.9 Å². The van der Waals surface area contributed by atoms with E-state index in [0.29, 0.717) is 10.3 Å². The first-order chi connectivity index (χ1) is 12.3. The molecule has 0 aliphatic rings. The first-order valence-corrected chi connectivity index (χ1v) is 9.62. The number of rotatable bonds is 5. The molecule has 0 spiro atoms. The fourth-order valence-corrected chi connectivity index (χ4v) is 4.57. The van der Waals surface area contributed by atoms with E-state index in [1.807, 2.05) is 0 Å². The summed E-state index contributed by atoms with van der Waals surface area (Å²) in [4.78, 5) is 11.7. The smallest absolute Gasteiger partial charge is 0.348 e. The lowest BCUT2D eigenvalue weighted by molar-refractivity contribution is 0.0606. The van der Waals surface area contributed by atoms with Gasteiger partial charge in [0.1, 0.15) is 21.3 Å². The van der Waals surface area contributed by atoms with Crippen LogP contribution in [-0.2, 0) is 14.8 Å². The van der Waals surface area contributed by atoms with E-state index in [2.05, 4.69) is 9.46 Å². The van der Waals surface area contributed by atoms with Gasteiger partial charge in [-0.05, 0) is 47.9 Å². The van der Waals surface area contributed by atoms with Crippen molar-refractivity contribution >= 4 is 43.1 Å². The van der Waals surface area contributed by atoms with E-state index >= 15 is 0 Å². The van der Waals surface area contributed by atoms with Crippen LogP contribution in [0.4, 0.5) is 10.1 Å². The van der Waals surface area contributed by atoms with E-state index in [1.54, 1.807) is 24.3 Å². The van der Waals surface area contributed by atoms with Crippen LogP contribution in [0.1, 0.15) is 9.67 Å². The van der Waals surface area contributed by atoms with E-state index in [0.717, 1.165) is 16.8 Å². The monoisotopic (exact) mass is 395 g/mol. The Balaban J connectivity index is 1.97. The summed E-state index contributed by atoms with van der Waals surface area (Å²) in [5.41, 5.74) is 0.276. The maximum absolute atomic E-state index is 13.5. The highest BCUT2D eigenvalue weighted by molar-refractivity contribution is 7.92. The predicted molar refractivity (Wildman–Crippen MR) is 96.9 cm³/mol. The van der Waals surface area contributed by atoms with Gasteiger partial charge < -0.3 is 9.47 Å². The highest BCUT2D eigenvalue weighted by Gasteiger charge is 2.21. The van der Waals surface area contributed by atoms with Crippen molar-refractivity contribution in [1.29, 1.82) is 0 Å². The minimum atomic E-state index is -4.06. The van der Waals surface area contributed by atoms with Crippen LogP contribution in [0.15, 0.2) is 47.4 Å². The maximum Gasteiger partial charge on any atom is 0.348 e. The number of thiophene rings is 1. The number of fused-ring (bicyclic) bond motifs is 1. The molecule has 0 amide bonds. The third kappa shape index (κ3) is 3.49. The molecule has 2 aromatic carbocycles. The maximum atomic E-state index is 13.5. The van der Waals surface area contributed by atoms with Crippen LogP contribution < -0.4 is 9.46 Å². The van der Waals surface area contributed by atoms with E-state index in [4.69, 9.17) is 4.74 Å². The van der Waals surface area contributed by atoms with Gasteiger partial charge in [0.2, 0.25) is 0 Å². The van der Waals surface area contributed by atoms with Crippen molar-refractivity contribution in [1.82, 2.24) is 0 Å². The minimum absolute atomic E-state index is 0.0310. The third-order valence-electron chi connectivity index (χ3n) is 3.57. The molecule has 9 heteroatoms. The van der Waals surface area contributed by atoms with Crippen molar-refractivity contribution in [3.8, 4) is 5.75 Å². The molecule has 0 atom stereocenters. The summed E-state index contributed by atoms with van der Waals surface area (Å²) >= 11 is 1.24. The molecule has 0 aliphatic heterocycles. The van der Waals surface area contributed by atoms with Crippen molar-refractivity contribution in [3.63, 3.8) is 0 Å². The number of hydrogen-bond donors (Lipinski definition) is 1. The van der Waals surface area contributed by atoms with Gasteiger partial charge in [-0.1, -0.05) is 0 Å². The van der Waals surface area contributed by atoms with Crippen LogP contribution in [0.25, 0.3) is 10.1 Å². The lowest BCUT2D eigenvalue weighted by Gasteiger charge is -2.11. The van der Waals surface area contributed by atoms with Crippen molar-refractivity contribution < 1.29 is 27.1 Å². The molecule has 0 saturated carbocycles. The van der Waals surface area contributed by atoms with Crippen LogP contribution in [0.3, 0.4) is 0 Å². The zero-order valence-corrected chi connectivity index (χ0v) is 15.4. The van der Waals surface area contributed by atoms with Gasteiger partial charge in [0.05, 0.1) is 14.2 Å². The second kappa shape index (κ2) is 6.93. The summed E-state index contributed by atoms with van der Waals surface area (Å²) in [5, 5.41) is 0.682. The topological polar surface area (TPSA) is 81.7 Å². The Kier molecular flexibility index (Phi) is 4.84. The average molecular weight is 395 g/mol. The third-order valence-corrected chi connectivity index (χ3v) is 6.07. The van der Waals surface area contributed by atoms with Gasteiger partial charge in [-0.15, -0.1) is 11.3 Å².